The number of nitrogen functional groups attached to an aromatic ring is 1. The molecule has 0 radical (unpaired) electrons. The quantitative estimate of drug-likeness (QED) is 0.469. The van der Waals surface area contributed by atoms with Crippen molar-refractivity contribution in [1.82, 2.24) is 0 Å². The van der Waals surface area contributed by atoms with Crippen LogP contribution in [0.1, 0.15) is 22.3 Å². The Balaban J connectivity index is 2.56. The van der Waals surface area contributed by atoms with Crippen LogP contribution in [-0.2, 0) is 9.47 Å². The second-order valence-corrected chi connectivity index (χ2v) is 3.52. The van der Waals surface area contributed by atoms with Gasteiger partial charge >= 0.3 is 5.97 Å². The van der Waals surface area contributed by atoms with Crippen LogP contribution < -0.4 is 5.73 Å². The molecule has 0 aliphatic rings. The van der Waals surface area contributed by atoms with E-state index in [9.17, 15) is 4.79 Å². The number of benzene rings is 1. The molecule has 0 fully saturated rings. The van der Waals surface area contributed by atoms with E-state index < -0.39 is 0 Å². The number of esters is 1. The number of ether oxygens (including phenoxy) is 2. The predicted octanol–water partition coefficient (Wildman–Crippen LogP) is 1.77. The Hall–Kier alpha value is -1.55. The zero-order valence-electron chi connectivity index (χ0n) is 9.66. The lowest BCUT2D eigenvalue weighted by Gasteiger charge is -2.08. The summed E-state index contributed by atoms with van der Waals surface area (Å²) in [5.41, 5.74) is 7.58. The van der Waals surface area contributed by atoms with E-state index >= 15 is 0 Å². The number of carbonyl (C=O) groups excluding carboxylic acids is 1. The van der Waals surface area contributed by atoms with Crippen LogP contribution in [0.15, 0.2) is 18.2 Å². The van der Waals surface area contributed by atoms with Gasteiger partial charge in [0.05, 0.1) is 12.2 Å². The minimum Gasteiger partial charge on any atom is -0.462 e. The van der Waals surface area contributed by atoms with Gasteiger partial charge in [-0.25, -0.2) is 4.79 Å². The van der Waals surface area contributed by atoms with Gasteiger partial charge in [-0.3, -0.25) is 0 Å². The first-order valence-electron chi connectivity index (χ1n) is 5.18. The second-order valence-electron chi connectivity index (χ2n) is 3.52. The largest absolute Gasteiger partial charge is 0.462 e. The summed E-state index contributed by atoms with van der Waals surface area (Å²) in [6.07, 6.45) is 0.688. The first-order valence-corrected chi connectivity index (χ1v) is 5.18. The van der Waals surface area contributed by atoms with Crippen LogP contribution in [0.25, 0.3) is 0 Å². The third-order valence-electron chi connectivity index (χ3n) is 2.27. The molecule has 0 heterocycles. The average molecular weight is 223 g/mol. The Labute approximate surface area is 95.3 Å². The summed E-state index contributed by atoms with van der Waals surface area (Å²) >= 11 is 0. The normalized spacial score (nSPS) is 10.1. The summed E-state index contributed by atoms with van der Waals surface area (Å²) < 4.78 is 9.92. The van der Waals surface area contributed by atoms with E-state index in [1.807, 2.05) is 13.0 Å². The minimum atomic E-state index is -0.377. The highest BCUT2D eigenvalue weighted by Crippen LogP contribution is 2.17. The Kier molecular flexibility index (Phi) is 4.79. The summed E-state index contributed by atoms with van der Waals surface area (Å²) in [6.45, 7) is 2.79. The van der Waals surface area contributed by atoms with Crippen molar-refractivity contribution >= 4 is 11.7 Å². The molecule has 1 rings (SSSR count). The van der Waals surface area contributed by atoms with E-state index in [0.717, 1.165) is 5.56 Å². The molecule has 0 aromatic heterocycles. The number of anilines is 1. The second kappa shape index (κ2) is 6.12. The molecule has 88 valence electrons. The number of rotatable bonds is 5. The third-order valence-corrected chi connectivity index (χ3v) is 2.27. The van der Waals surface area contributed by atoms with Crippen molar-refractivity contribution in [1.29, 1.82) is 0 Å². The van der Waals surface area contributed by atoms with Crippen molar-refractivity contribution in [3.63, 3.8) is 0 Å². The van der Waals surface area contributed by atoms with Gasteiger partial charge in [-0.05, 0) is 18.6 Å². The zero-order valence-corrected chi connectivity index (χ0v) is 9.66. The van der Waals surface area contributed by atoms with Crippen LogP contribution in [0.3, 0.4) is 0 Å². The highest BCUT2D eigenvalue weighted by atomic mass is 16.5. The molecule has 0 unspecified atom stereocenters. The fraction of sp³-hybridized carbons (Fsp3) is 0.417. The van der Waals surface area contributed by atoms with Gasteiger partial charge < -0.3 is 15.2 Å². The fourth-order valence-electron chi connectivity index (χ4n) is 1.30. The molecular formula is C12H17NO3. The lowest BCUT2D eigenvalue weighted by atomic mass is 10.1. The SMILES string of the molecule is COCCCOC(=O)c1cccc(C)c1N. The fourth-order valence-corrected chi connectivity index (χ4v) is 1.30. The summed E-state index contributed by atoms with van der Waals surface area (Å²) in [7, 11) is 1.61. The topological polar surface area (TPSA) is 61.5 Å². The number of hydrogen-bond donors (Lipinski definition) is 1. The molecule has 0 spiro atoms. The van der Waals surface area contributed by atoms with Crippen molar-refractivity contribution in [3.05, 3.63) is 29.3 Å². The third kappa shape index (κ3) is 3.24. The Morgan fingerprint density at radius 2 is 2.12 bits per heavy atom. The molecule has 0 bridgehead atoms. The molecule has 2 N–H and O–H groups in total. The highest BCUT2D eigenvalue weighted by molar-refractivity contribution is 5.95. The van der Waals surface area contributed by atoms with Gasteiger partial charge in [-0.1, -0.05) is 12.1 Å². The molecule has 4 heteroatoms. The van der Waals surface area contributed by atoms with Crippen molar-refractivity contribution in [2.75, 3.05) is 26.1 Å². The van der Waals surface area contributed by atoms with Crippen LogP contribution >= 0.6 is 0 Å². The van der Waals surface area contributed by atoms with E-state index in [1.54, 1.807) is 19.2 Å². The highest BCUT2D eigenvalue weighted by Gasteiger charge is 2.11. The molecule has 0 atom stereocenters. The summed E-state index contributed by atoms with van der Waals surface area (Å²) in [5, 5.41) is 0. The molecular weight excluding hydrogens is 206 g/mol. The number of para-hydroxylation sites is 1. The van der Waals surface area contributed by atoms with Crippen LogP contribution in [0.5, 0.6) is 0 Å². The Morgan fingerprint density at radius 1 is 1.38 bits per heavy atom. The number of methoxy groups -OCH3 is 1. The van der Waals surface area contributed by atoms with Gasteiger partial charge in [-0.15, -0.1) is 0 Å². The van der Waals surface area contributed by atoms with Crippen LogP contribution in [0, 0.1) is 6.92 Å². The number of aryl methyl sites for hydroxylation is 1. The zero-order chi connectivity index (χ0) is 12.0. The first kappa shape index (κ1) is 12.5. The number of carbonyl (C=O) groups is 1. The van der Waals surface area contributed by atoms with Crippen molar-refractivity contribution in [3.8, 4) is 0 Å². The monoisotopic (exact) mass is 223 g/mol. The van der Waals surface area contributed by atoms with Gasteiger partial charge in [0.25, 0.3) is 0 Å². The average Bonchev–Trinajstić information content (AvgIpc) is 2.28. The van der Waals surface area contributed by atoms with E-state index in [0.29, 0.717) is 30.9 Å². The van der Waals surface area contributed by atoms with Crippen molar-refractivity contribution < 1.29 is 14.3 Å². The summed E-state index contributed by atoms with van der Waals surface area (Å²) in [4.78, 5) is 11.6. The molecule has 0 aliphatic heterocycles. The van der Waals surface area contributed by atoms with Gasteiger partial charge in [-0.2, -0.15) is 0 Å². The molecule has 0 aliphatic carbocycles. The Bertz CT molecular complexity index is 363. The van der Waals surface area contributed by atoms with E-state index in [-0.39, 0.29) is 5.97 Å². The van der Waals surface area contributed by atoms with E-state index in [1.165, 1.54) is 0 Å². The van der Waals surface area contributed by atoms with Crippen LogP contribution in [0.4, 0.5) is 5.69 Å². The van der Waals surface area contributed by atoms with Crippen molar-refractivity contribution in [2.45, 2.75) is 13.3 Å². The molecule has 1 aromatic rings. The lowest BCUT2D eigenvalue weighted by molar-refractivity contribution is 0.0469. The maximum Gasteiger partial charge on any atom is 0.340 e. The lowest BCUT2D eigenvalue weighted by Crippen LogP contribution is -2.10. The molecule has 0 amide bonds. The number of nitrogens with two attached hydrogens (primary N) is 1. The molecule has 1 aromatic carbocycles. The standard InChI is InChI=1S/C12H17NO3/c1-9-5-3-6-10(11(9)13)12(14)16-8-4-7-15-2/h3,5-6H,4,7-8,13H2,1-2H3. The first-order chi connectivity index (χ1) is 7.66. The molecule has 16 heavy (non-hydrogen) atoms. The maximum absolute atomic E-state index is 11.6. The number of hydrogen-bond acceptors (Lipinski definition) is 4. The predicted molar refractivity (Wildman–Crippen MR) is 62.4 cm³/mol. The van der Waals surface area contributed by atoms with Gasteiger partial charge in [0, 0.05) is 25.8 Å². The van der Waals surface area contributed by atoms with Crippen molar-refractivity contribution in [2.24, 2.45) is 0 Å². The Morgan fingerprint density at radius 3 is 2.81 bits per heavy atom. The van der Waals surface area contributed by atoms with Gasteiger partial charge in [0.1, 0.15) is 0 Å². The molecule has 4 nitrogen and oxygen atoms in total. The van der Waals surface area contributed by atoms with Gasteiger partial charge in [0.15, 0.2) is 0 Å². The molecule has 0 saturated carbocycles. The van der Waals surface area contributed by atoms with E-state index in [2.05, 4.69) is 0 Å². The summed E-state index contributed by atoms with van der Waals surface area (Å²) in [6, 6.07) is 5.31. The summed E-state index contributed by atoms with van der Waals surface area (Å²) in [5.74, 6) is -0.377. The molecule has 0 saturated heterocycles. The van der Waals surface area contributed by atoms with Gasteiger partial charge in [0.2, 0.25) is 0 Å². The van der Waals surface area contributed by atoms with Crippen LogP contribution in [0.2, 0.25) is 0 Å². The minimum absolute atomic E-state index is 0.347. The maximum atomic E-state index is 11.6. The smallest absolute Gasteiger partial charge is 0.340 e. The van der Waals surface area contributed by atoms with Crippen LogP contribution in [-0.4, -0.2) is 26.3 Å². The van der Waals surface area contributed by atoms with E-state index in [4.69, 9.17) is 15.2 Å².